The first-order chi connectivity index (χ1) is 6.50. The zero-order valence-corrected chi connectivity index (χ0v) is 9.41. The molecule has 0 heterocycles. The quantitative estimate of drug-likeness (QED) is 0.452. The molecule has 1 aromatic carbocycles. The van der Waals surface area contributed by atoms with Crippen LogP contribution in [0.25, 0.3) is 0 Å². The van der Waals surface area contributed by atoms with Crippen molar-refractivity contribution in [1.29, 1.82) is 0 Å². The molecule has 0 nitrogen and oxygen atoms in total. The molecule has 0 unspecified atom stereocenters. The Hall–Kier alpha value is -0.230. The van der Waals surface area contributed by atoms with Crippen molar-refractivity contribution in [2.24, 2.45) is 0 Å². The van der Waals surface area contributed by atoms with E-state index in [0.29, 0.717) is 0 Å². The van der Waals surface area contributed by atoms with Crippen molar-refractivity contribution >= 4 is 27.7 Å². The molecule has 14 heavy (non-hydrogen) atoms. The molecule has 1 aromatic rings. The van der Waals surface area contributed by atoms with Gasteiger partial charge in [0.05, 0.1) is 4.47 Å². The van der Waals surface area contributed by atoms with E-state index < -0.39 is 33.3 Å². The summed E-state index contributed by atoms with van der Waals surface area (Å²) in [6.07, 6.45) is 1.61. The Morgan fingerprint density at radius 2 is 1.57 bits per heavy atom. The second kappa shape index (κ2) is 4.53. The summed E-state index contributed by atoms with van der Waals surface area (Å²) in [6, 6.07) is 0. The van der Waals surface area contributed by atoms with Crippen molar-refractivity contribution in [2.45, 2.75) is 5.75 Å². The van der Waals surface area contributed by atoms with Crippen LogP contribution in [0.1, 0.15) is 5.56 Å². The van der Waals surface area contributed by atoms with E-state index in [1.165, 1.54) is 0 Å². The molecule has 0 fully saturated rings. The number of thioether (sulfide) groups is 1. The molecule has 0 saturated heterocycles. The first kappa shape index (κ1) is 11.8. The SMILES string of the molecule is CSCc1c(F)c(F)c(F)c(Br)c1F. The van der Waals surface area contributed by atoms with Crippen LogP contribution in [0, 0.1) is 23.3 Å². The summed E-state index contributed by atoms with van der Waals surface area (Å²) in [6.45, 7) is 0. The van der Waals surface area contributed by atoms with E-state index >= 15 is 0 Å². The highest BCUT2D eigenvalue weighted by molar-refractivity contribution is 9.10. The van der Waals surface area contributed by atoms with Crippen LogP contribution in [-0.4, -0.2) is 6.26 Å². The Morgan fingerprint density at radius 1 is 1.00 bits per heavy atom. The van der Waals surface area contributed by atoms with E-state index in [0.717, 1.165) is 11.8 Å². The molecule has 0 aromatic heterocycles. The van der Waals surface area contributed by atoms with Gasteiger partial charge in [0, 0.05) is 11.3 Å². The molecule has 0 aliphatic carbocycles. The Morgan fingerprint density at radius 3 is 2.07 bits per heavy atom. The van der Waals surface area contributed by atoms with Gasteiger partial charge in [-0.2, -0.15) is 11.8 Å². The highest BCUT2D eigenvalue weighted by Gasteiger charge is 2.23. The van der Waals surface area contributed by atoms with Gasteiger partial charge >= 0.3 is 0 Å². The lowest BCUT2D eigenvalue weighted by molar-refractivity contribution is 0.423. The van der Waals surface area contributed by atoms with Gasteiger partial charge in [0.2, 0.25) is 0 Å². The van der Waals surface area contributed by atoms with Crippen LogP contribution >= 0.6 is 27.7 Å². The van der Waals surface area contributed by atoms with Crippen LogP contribution < -0.4 is 0 Å². The summed E-state index contributed by atoms with van der Waals surface area (Å²) in [5.74, 6) is -5.78. The van der Waals surface area contributed by atoms with Crippen LogP contribution in [0.3, 0.4) is 0 Å². The van der Waals surface area contributed by atoms with Gasteiger partial charge in [0.15, 0.2) is 17.5 Å². The summed E-state index contributed by atoms with van der Waals surface area (Å²) in [5.41, 5.74) is -0.455. The number of hydrogen-bond donors (Lipinski definition) is 0. The van der Waals surface area contributed by atoms with E-state index in [4.69, 9.17) is 0 Å². The fraction of sp³-hybridized carbons (Fsp3) is 0.250. The minimum Gasteiger partial charge on any atom is -0.205 e. The van der Waals surface area contributed by atoms with Crippen LogP contribution in [0.5, 0.6) is 0 Å². The fourth-order valence-corrected chi connectivity index (χ4v) is 1.88. The van der Waals surface area contributed by atoms with Gasteiger partial charge in [-0.05, 0) is 22.2 Å². The predicted molar refractivity (Wildman–Crippen MR) is 51.2 cm³/mol. The van der Waals surface area contributed by atoms with E-state index in [2.05, 4.69) is 15.9 Å². The van der Waals surface area contributed by atoms with Gasteiger partial charge in [-0.3, -0.25) is 0 Å². The zero-order valence-electron chi connectivity index (χ0n) is 7.01. The minimum atomic E-state index is -1.65. The highest BCUT2D eigenvalue weighted by atomic mass is 79.9. The second-order valence-electron chi connectivity index (χ2n) is 2.48. The topological polar surface area (TPSA) is 0 Å². The average molecular weight is 289 g/mol. The monoisotopic (exact) mass is 288 g/mol. The Kier molecular flexibility index (Phi) is 3.83. The molecule has 0 bridgehead atoms. The van der Waals surface area contributed by atoms with E-state index in [9.17, 15) is 17.6 Å². The molecular weight excluding hydrogens is 284 g/mol. The van der Waals surface area contributed by atoms with Crippen molar-refractivity contribution in [3.8, 4) is 0 Å². The summed E-state index contributed by atoms with van der Waals surface area (Å²) in [7, 11) is 0. The molecule has 0 atom stereocenters. The average Bonchev–Trinajstić information content (AvgIpc) is 2.19. The van der Waals surface area contributed by atoms with Crippen LogP contribution in [0.15, 0.2) is 4.47 Å². The molecule has 0 amide bonds. The van der Waals surface area contributed by atoms with Gasteiger partial charge in [0.1, 0.15) is 5.82 Å². The smallest absolute Gasteiger partial charge is 0.196 e. The highest BCUT2D eigenvalue weighted by Crippen LogP contribution is 2.29. The largest absolute Gasteiger partial charge is 0.205 e. The molecule has 6 heteroatoms. The maximum absolute atomic E-state index is 13.2. The molecule has 0 spiro atoms. The van der Waals surface area contributed by atoms with Crippen molar-refractivity contribution in [3.05, 3.63) is 33.3 Å². The molecule has 0 N–H and O–H groups in total. The van der Waals surface area contributed by atoms with E-state index in [1.54, 1.807) is 6.26 Å². The standard InChI is InChI=1S/C8H5BrF4S/c1-14-2-3-5(10)4(9)7(12)8(13)6(3)11/h2H2,1H3. The number of halogens is 5. The number of hydrogen-bond acceptors (Lipinski definition) is 1. The summed E-state index contributed by atoms with van der Waals surface area (Å²) in [4.78, 5) is 0. The molecule has 0 aliphatic heterocycles. The maximum atomic E-state index is 13.2. The Labute approximate surface area is 90.8 Å². The van der Waals surface area contributed by atoms with Crippen LogP contribution in [0.2, 0.25) is 0 Å². The summed E-state index contributed by atoms with van der Waals surface area (Å²) >= 11 is 3.64. The number of rotatable bonds is 2. The zero-order chi connectivity index (χ0) is 10.9. The Bertz CT molecular complexity index is 338. The van der Waals surface area contributed by atoms with Gasteiger partial charge < -0.3 is 0 Å². The molecular formula is C8H5BrF4S. The molecule has 0 aliphatic rings. The first-order valence-corrected chi connectivity index (χ1v) is 5.68. The normalized spacial score (nSPS) is 10.7. The van der Waals surface area contributed by atoms with Crippen LogP contribution in [-0.2, 0) is 5.75 Å². The van der Waals surface area contributed by atoms with Gasteiger partial charge in [0.25, 0.3) is 0 Å². The molecule has 1 rings (SSSR count). The lowest BCUT2D eigenvalue weighted by Gasteiger charge is -2.07. The lowest BCUT2D eigenvalue weighted by Crippen LogP contribution is -2.03. The van der Waals surface area contributed by atoms with Gasteiger partial charge in [-0.15, -0.1) is 0 Å². The third kappa shape index (κ3) is 1.91. The third-order valence-electron chi connectivity index (χ3n) is 1.59. The lowest BCUT2D eigenvalue weighted by atomic mass is 10.2. The molecule has 0 radical (unpaired) electrons. The predicted octanol–water partition coefficient (Wildman–Crippen LogP) is 3.87. The fourth-order valence-electron chi connectivity index (χ4n) is 0.921. The Balaban J connectivity index is 3.43. The minimum absolute atomic E-state index is 0.0481. The second-order valence-corrected chi connectivity index (χ2v) is 4.14. The van der Waals surface area contributed by atoms with Gasteiger partial charge in [-0.25, -0.2) is 17.6 Å². The molecule has 78 valence electrons. The summed E-state index contributed by atoms with van der Waals surface area (Å²) < 4.78 is 51.1. The van der Waals surface area contributed by atoms with E-state index in [1.807, 2.05) is 0 Å². The summed E-state index contributed by atoms with van der Waals surface area (Å²) in [5, 5.41) is 0. The van der Waals surface area contributed by atoms with Crippen molar-refractivity contribution in [2.75, 3.05) is 6.26 Å². The maximum Gasteiger partial charge on any atom is 0.196 e. The van der Waals surface area contributed by atoms with Crippen molar-refractivity contribution in [1.82, 2.24) is 0 Å². The van der Waals surface area contributed by atoms with Crippen LogP contribution in [0.4, 0.5) is 17.6 Å². The first-order valence-electron chi connectivity index (χ1n) is 3.50. The van der Waals surface area contributed by atoms with Crippen molar-refractivity contribution in [3.63, 3.8) is 0 Å². The van der Waals surface area contributed by atoms with Gasteiger partial charge in [-0.1, -0.05) is 0 Å². The third-order valence-corrected chi connectivity index (χ3v) is 2.86. The molecule has 0 saturated carbocycles. The van der Waals surface area contributed by atoms with E-state index in [-0.39, 0.29) is 5.75 Å². The van der Waals surface area contributed by atoms with Crippen molar-refractivity contribution < 1.29 is 17.6 Å². The number of benzene rings is 1.